The molecule has 0 bridgehead atoms. The predicted octanol–water partition coefficient (Wildman–Crippen LogP) is 0.935. The van der Waals surface area contributed by atoms with Crippen molar-refractivity contribution in [2.24, 2.45) is 11.8 Å². The number of hydrogen-bond acceptors (Lipinski definition) is 3. The summed E-state index contributed by atoms with van der Waals surface area (Å²) in [6, 6.07) is 0. The van der Waals surface area contributed by atoms with Crippen molar-refractivity contribution in [2.75, 3.05) is 32.7 Å². The van der Waals surface area contributed by atoms with Crippen LogP contribution in [0.2, 0.25) is 0 Å². The number of hydrogen-bond donors (Lipinski definition) is 2. The van der Waals surface area contributed by atoms with Gasteiger partial charge in [0.25, 0.3) is 0 Å². The van der Waals surface area contributed by atoms with Crippen LogP contribution in [0.25, 0.3) is 0 Å². The molecule has 3 unspecified atom stereocenters. The van der Waals surface area contributed by atoms with Crippen LogP contribution >= 0.6 is 0 Å². The molecule has 0 aromatic rings. The first-order valence-corrected chi connectivity index (χ1v) is 6.28. The van der Waals surface area contributed by atoms with Gasteiger partial charge in [0.05, 0.1) is 6.10 Å². The smallest absolute Gasteiger partial charge is 0.0791 e. The molecule has 0 aliphatic heterocycles. The van der Waals surface area contributed by atoms with Gasteiger partial charge in [-0.2, -0.15) is 0 Å². The standard InChI is InChI=1S/C12H26N2O/c1-4-14(5-2)9-12(15)8-13-7-11-6-10(11)3/h10-13,15H,4-9H2,1-3H3. The molecule has 3 atom stereocenters. The van der Waals surface area contributed by atoms with Gasteiger partial charge < -0.3 is 15.3 Å². The molecule has 3 heteroatoms. The molecule has 0 heterocycles. The van der Waals surface area contributed by atoms with Crippen molar-refractivity contribution >= 4 is 0 Å². The molecule has 0 amide bonds. The highest BCUT2D eigenvalue weighted by atomic mass is 16.3. The number of likely N-dealkylation sites (N-methyl/N-ethyl adjacent to an activating group) is 1. The Kier molecular flexibility index (Phi) is 5.58. The van der Waals surface area contributed by atoms with Crippen molar-refractivity contribution in [1.82, 2.24) is 10.2 Å². The lowest BCUT2D eigenvalue weighted by Crippen LogP contribution is -2.38. The monoisotopic (exact) mass is 214 g/mol. The molecule has 1 aliphatic rings. The first-order chi connectivity index (χ1) is 7.17. The van der Waals surface area contributed by atoms with Gasteiger partial charge in [-0.15, -0.1) is 0 Å². The zero-order valence-electron chi connectivity index (χ0n) is 10.4. The largest absolute Gasteiger partial charge is 0.390 e. The lowest BCUT2D eigenvalue weighted by atomic mass is 10.3. The normalized spacial score (nSPS) is 27.0. The van der Waals surface area contributed by atoms with E-state index in [2.05, 4.69) is 31.0 Å². The van der Waals surface area contributed by atoms with E-state index in [9.17, 15) is 5.11 Å². The van der Waals surface area contributed by atoms with Crippen LogP contribution in [0, 0.1) is 11.8 Å². The van der Waals surface area contributed by atoms with E-state index in [1.807, 2.05) is 0 Å². The molecule has 0 spiro atoms. The minimum Gasteiger partial charge on any atom is -0.390 e. The van der Waals surface area contributed by atoms with Crippen LogP contribution in [-0.4, -0.2) is 48.8 Å². The molecular weight excluding hydrogens is 188 g/mol. The van der Waals surface area contributed by atoms with Gasteiger partial charge in [-0.05, 0) is 37.9 Å². The first-order valence-electron chi connectivity index (χ1n) is 6.28. The topological polar surface area (TPSA) is 35.5 Å². The van der Waals surface area contributed by atoms with E-state index in [0.717, 1.165) is 44.6 Å². The number of nitrogens with one attached hydrogen (secondary N) is 1. The van der Waals surface area contributed by atoms with Crippen LogP contribution in [-0.2, 0) is 0 Å². The fourth-order valence-corrected chi connectivity index (χ4v) is 1.96. The Balaban J connectivity index is 1.99. The third-order valence-corrected chi connectivity index (χ3v) is 3.43. The second kappa shape index (κ2) is 6.46. The van der Waals surface area contributed by atoms with Crippen LogP contribution in [0.15, 0.2) is 0 Å². The van der Waals surface area contributed by atoms with E-state index in [0.29, 0.717) is 0 Å². The fourth-order valence-electron chi connectivity index (χ4n) is 1.96. The number of aliphatic hydroxyl groups is 1. The zero-order chi connectivity index (χ0) is 11.3. The predicted molar refractivity (Wildman–Crippen MR) is 63.9 cm³/mol. The molecule has 3 nitrogen and oxygen atoms in total. The number of nitrogens with zero attached hydrogens (tertiary/aromatic N) is 1. The molecular formula is C12H26N2O. The van der Waals surface area contributed by atoms with Gasteiger partial charge in [0, 0.05) is 13.1 Å². The van der Waals surface area contributed by atoms with E-state index < -0.39 is 0 Å². The summed E-state index contributed by atoms with van der Waals surface area (Å²) in [6.45, 7) is 11.2. The summed E-state index contributed by atoms with van der Waals surface area (Å²) in [7, 11) is 0. The second-order valence-electron chi connectivity index (χ2n) is 4.77. The minimum absolute atomic E-state index is 0.223. The minimum atomic E-state index is -0.223. The highest BCUT2D eigenvalue weighted by molar-refractivity contribution is 4.84. The van der Waals surface area contributed by atoms with Crippen molar-refractivity contribution in [3.8, 4) is 0 Å². The van der Waals surface area contributed by atoms with E-state index in [-0.39, 0.29) is 6.10 Å². The first kappa shape index (κ1) is 12.9. The van der Waals surface area contributed by atoms with Crippen LogP contribution in [0.5, 0.6) is 0 Å². The Labute approximate surface area is 93.9 Å². The van der Waals surface area contributed by atoms with Gasteiger partial charge in [-0.3, -0.25) is 0 Å². The zero-order valence-corrected chi connectivity index (χ0v) is 10.4. The van der Waals surface area contributed by atoms with Crippen molar-refractivity contribution in [3.63, 3.8) is 0 Å². The van der Waals surface area contributed by atoms with Crippen molar-refractivity contribution in [2.45, 2.75) is 33.3 Å². The Morgan fingerprint density at radius 3 is 2.47 bits per heavy atom. The summed E-state index contributed by atoms with van der Waals surface area (Å²) in [6.07, 6.45) is 1.14. The summed E-state index contributed by atoms with van der Waals surface area (Å²) in [5.41, 5.74) is 0. The highest BCUT2D eigenvalue weighted by Gasteiger charge is 2.31. The van der Waals surface area contributed by atoms with E-state index in [4.69, 9.17) is 0 Å². The molecule has 1 saturated carbocycles. The van der Waals surface area contributed by atoms with Crippen LogP contribution < -0.4 is 5.32 Å². The maximum Gasteiger partial charge on any atom is 0.0791 e. The van der Waals surface area contributed by atoms with Crippen molar-refractivity contribution in [1.29, 1.82) is 0 Å². The number of aliphatic hydroxyl groups excluding tert-OH is 1. The number of rotatable bonds is 8. The highest BCUT2D eigenvalue weighted by Crippen LogP contribution is 2.36. The maximum absolute atomic E-state index is 9.78. The van der Waals surface area contributed by atoms with Gasteiger partial charge in [-0.25, -0.2) is 0 Å². The Bertz CT molecular complexity index is 171. The molecule has 0 saturated heterocycles. The van der Waals surface area contributed by atoms with Crippen LogP contribution in [0.1, 0.15) is 27.2 Å². The lowest BCUT2D eigenvalue weighted by molar-refractivity contribution is 0.116. The summed E-state index contributed by atoms with van der Waals surface area (Å²) in [5.74, 6) is 1.77. The Hall–Kier alpha value is -0.120. The van der Waals surface area contributed by atoms with Crippen LogP contribution in [0.4, 0.5) is 0 Å². The molecule has 1 aliphatic carbocycles. The quantitative estimate of drug-likeness (QED) is 0.631. The van der Waals surface area contributed by atoms with Gasteiger partial charge in [0.15, 0.2) is 0 Å². The van der Waals surface area contributed by atoms with E-state index in [1.165, 1.54) is 6.42 Å². The van der Waals surface area contributed by atoms with Crippen molar-refractivity contribution < 1.29 is 5.11 Å². The second-order valence-corrected chi connectivity index (χ2v) is 4.77. The fraction of sp³-hybridized carbons (Fsp3) is 1.00. The summed E-state index contributed by atoms with van der Waals surface area (Å²) >= 11 is 0. The summed E-state index contributed by atoms with van der Waals surface area (Å²) < 4.78 is 0. The lowest BCUT2D eigenvalue weighted by Gasteiger charge is -2.22. The molecule has 0 aromatic carbocycles. The van der Waals surface area contributed by atoms with Crippen LogP contribution in [0.3, 0.4) is 0 Å². The molecule has 1 fully saturated rings. The molecule has 90 valence electrons. The maximum atomic E-state index is 9.78. The van der Waals surface area contributed by atoms with Crippen molar-refractivity contribution in [3.05, 3.63) is 0 Å². The molecule has 15 heavy (non-hydrogen) atoms. The van der Waals surface area contributed by atoms with Gasteiger partial charge >= 0.3 is 0 Å². The average molecular weight is 214 g/mol. The Morgan fingerprint density at radius 1 is 1.40 bits per heavy atom. The Morgan fingerprint density at radius 2 is 2.00 bits per heavy atom. The van der Waals surface area contributed by atoms with Gasteiger partial charge in [-0.1, -0.05) is 20.8 Å². The van der Waals surface area contributed by atoms with Gasteiger partial charge in [0.1, 0.15) is 0 Å². The summed E-state index contributed by atoms with van der Waals surface area (Å²) in [5, 5.41) is 13.1. The molecule has 2 N–H and O–H groups in total. The van der Waals surface area contributed by atoms with Gasteiger partial charge in [0.2, 0.25) is 0 Å². The molecule has 1 rings (SSSR count). The average Bonchev–Trinajstić information content (AvgIpc) is 2.91. The van der Waals surface area contributed by atoms with E-state index in [1.54, 1.807) is 0 Å². The molecule has 0 radical (unpaired) electrons. The summed E-state index contributed by atoms with van der Waals surface area (Å²) in [4.78, 5) is 2.26. The molecule has 0 aromatic heterocycles. The third kappa shape index (κ3) is 4.96. The SMILES string of the molecule is CCN(CC)CC(O)CNCC1CC1C. The third-order valence-electron chi connectivity index (χ3n) is 3.43. The van der Waals surface area contributed by atoms with E-state index >= 15 is 0 Å².